The van der Waals surface area contributed by atoms with E-state index in [0.29, 0.717) is 17.2 Å². The number of aromatic nitrogens is 1. The molecule has 0 bridgehead atoms. The lowest BCUT2D eigenvalue weighted by molar-refractivity contribution is 0.270. The number of benzene rings is 2. The minimum atomic E-state index is -1.06. The summed E-state index contributed by atoms with van der Waals surface area (Å²) < 4.78 is 43.9. The van der Waals surface area contributed by atoms with Gasteiger partial charge in [0.15, 0.2) is 29.0 Å². The van der Waals surface area contributed by atoms with Crippen molar-refractivity contribution in [1.29, 1.82) is 0 Å². The van der Waals surface area contributed by atoms with E-state index in [4.69, 9.17) is 43.1 Å². The van der Waals surface area contributed by atoms with E-state index < -0.39 is 11.6 Å². The summed E-state index contributed by atoms with van der Waals surface area (Å²) in [6.45, 7) is -0.318. The van der Waals surface area contributed by atoms with Gasteiger partial charge >= 0.3 is 0 Å². The van der Waals surface area contributed by atoms with E-state index in [2.05, 4.69) is 10.3 Å². The van der Waals surface area contributed by atoms with Crippen molar-refractivity contribution in [1.82, 2.24) is 4.98 Å². The molecule has 0 atom stereocenters. The Morgan fingerprint density at radius 3 is 2.43 bits per heavy atom. The molecule has 30 heavy (non-hydrogen) atoms. The second-order valence-electron chi connectivity index (χ2n) is 6.01. The number of halogens is 4. The van der Waals surface area contributed by atoms with Gasteiger partial charge in [-0.15, -0.1) is 0 Å². The lowest BCUT2D eigenvalue weighted by atomic mass is 10.2. The Morgan fingerprint density at radius 1 is 1.00 bits per heavy atom. The van der Waals surface area contributed by atoms with E-state index in [1.54, 1.807) is 12.1 Å². The predicted octanol–water partition coefficient (Wildman–Crippen LogP) is 5.59. The molecular formula is C20H17Cl2F2N3O3. The number of pyridine rings is 1. The van der Waals surface area contributed by atoms with Crippen molar-refractivity contribution in [3.05, 3.63) is 63.8 Å². The van der Waals surface area contributed by atoms with Crippen LogP contribution in [0.1, 0.15) is 5.56 Å². The fourth-order valence-corrected chi connectivity index (χ4v) is 2.98. The maximum Gasteiger partial charge on any atom is 0.169 e. The molecule has 3 aromatic rings. The number of rotatable bonds is 7. The van der Waals surface area contributed by atoms with E-state index in [1.165, 1.54) is 32.4 Å². The largest absolute Gasteiger partial charge is 0.496 e. The van der Waals surface area contributed by atoms with Gasteiger partial charge in [-0.3, -0.25) is 0 Å². The van der Waals surface area contributed by atoms with Crippen molar-refractivity contribution in [2.45, 2.75) is 6.61 Å². The minimum absolute atomic E-state index is 0.0789. The van der Waals surface area contributed by atoms with Gasteiger partial charge in [0.05, 0.1) is 36.2 Å². The van der Waals surface area contributed by atoms with Crippen LogP contribution in [0.3, 0.4) is 0 Å². The van der Waals surface area contributed by atoms with Crippen LogP contribution in [0.2, 0.25) is 10.2 Å². The summed E-state index contributed by atoms with van der Waals surface area (Å²) in [5.74, 6) is -1.13. The number of nitrogens with zero attached hydrogens (tertiary/aromatic N) is 1. The highest BCUT2D eigenvalue weighted by Crippen LogP contribution is 2.39. The van der Waals surface area contributed by atoms with Crippen LogP contribution in [0.15, 0.2) is 36.4 Å². The number of methoxy groups -OCH3 is 2. The zero-order chi connectivity index (χ0) is 21.8. The Balaban J connectivity index is 1.93. The van der Waals surface area contributed by atoms with Crippen molar-refractivity contribution in [3.63, 3.8) is 0 Å². The summed E-state index contributed by atoms with van der Waals surface area (Å²) >= 11 is 12.2. The summed E-state index contributed by atoms with van der Waals surface area (Å²) in [5.41, 5.74) is 6.56. The van der Waals surface area contributed by atoms with E-state index >= 15 is 0 Å². The molecule has 1 heterocycles. The van der Waals surface area contributed by atoms with Gasteiger partial charge in [-0.2, -0.15) is 0 Å². The zero-order valence-electron chi connectivity index (χ0n) is 15.9. The fraction of sp³-hybridized carbons (Fsp3) is 0.150. The van der Waals surface area contributed by atoms with E-state index in [1.807, 2.05) is 0 Å². The zero-order valence-corrected chi connectivity index (χ0v) is 17.4. The molecule has 6 nitrogen and oxygen atoms in total. The maximum absolute atomic E-state index is 14.2. The van der Waals surface area contributed by atoms with Crippen molar-refractivity contribution >= 4 is 40.4 Å². The fourth-order valence-electron chi connectivity index (χ4n) is 2.63. The molecule has 2 aromatic carbocycles. The van der Waals surface area contributed by atoms with Crippen LogP contribution < -0.4 is 25.3 Å². The molecule has 1 aromatic heterocycles. The Hall–Kier alpha value is -2.97. The van der Waals surface area contributed by atoms with Gasteiger partial charge in [-0.1, -0.05) is 23.2 Å². The first kappa shape index (κ1) is 21.7. The quantitative estimate of drug-likeness (QED) is 0.452. The highest BCUT2D eigenvalue weighted by molar-refractivity contribution is 6.33. The van der Waals surface area contributed by atoms with Crippen molar-refractivity contribution < 1.29 is 23.0 Å². The van der Waals surface area contributed by atoms with Crippen LogP contribution in [0.5, 0.6) is 17.2 Å². The van der Waals surface area contributed by atoms with E-state index in [0.717, 1.165) is 6.07 Å². The molecular weight excluding hydrogens is 439 g/mol. The molecule has 0 radical (unpaired) electrons. The molecule has 0 aliphatic rings. The molecule has 0 fully saturated rings. The number of anilines is 3. The van der Waals surface area contributed by atoms with Gasteiger partial charge in [0, 0.05) is 12.1 Å². The van der Waals surface area contributed by atoms with Crippen LogP contribution in [-0.4, -0.2) is 19.2 Å². The van der Waals surface area contributed by atoms with Gasteiger partial charge < -0.3 is 25.3 Å². The molecule has 0 unspecified atom stereocenters. The number of hydrogen-bond acceptors (Lipinski definition) is 6. The summed E-state index contributed by atoms with van der Waals surface area (Å²) in [7, 11) is 2.77. The topological polar surface area (TPSA) is 78.6 Å². The average molecular weight is 456 g/mol. The monoisotopic (exact) mass is 455 g/mol. The average Bonchev–Trinajstić information content (AvgIpc) is 2.73. The van der Waals surface area contributed by atoms with E-state index in [9.17, 15) is 8.78 Å². The maximum atomic E-state index is 14.2. The molecule has 0 spiro atoms. The number of hydrogen-bond donors (Lipinski definition) is 2. The molecule has 0 amide bonds. The SMILES string of the molecule is COc1cc(Cl)c(Nc2nc(Cl)ccc2N)cc1OCc1c(OC)ccc(F)c1F. The third-order valence-electron chi connectivity index (χ3n) is 4.14. The third kappa shape index (κ3) is 4.60. The first-order valence-corrected chi connectivity index (χ1v) is 9.29. The first-order valence-electron chi connectivity index (χ1n) is 8.54. The highest BCUT2D eigenvalue weighted by Gasteiger charge is 2.18. The first-order chi connectivity index (χ1) is 14.3. The Labute approximate surface area is 181 Å². The van der Waals surface area contributed by atoms with Crippen LogP contribution in [0, 0.1) is 11.6 Å². The van der Waals surface area contributed by atoms with Crippen molar-refractivity contribution in [2.75, 3.05) is 25.3 Å². The molecule has 0 aliphatic heterocycles. The molecule has 0 saturated heterocycles. The van der Waals surface area contributed by atoms with Crippen molar-refractivity contribution in [3.8, 4) is 17.2 Å². The summed E-state index contributed by atoms with van der Waals surface area (Å²) in [6.07, 6.45) is 0. The highest BCUT2D eigenvalue weighted by atomic mass is 35.5. The van der Waals surface area contributed by atoms with Gasteiger partial charge in [-0.05, 0) is 24.3 Å². The number of nitrogens with two attached hydrogens (primary N) is 1. The summed E-state index contributed by atoms with van der Waals surface area (Å²) in [6, 6.07) is 8.45. The number of nitrogens with one attached hydrogen (secondary N) is 1. The molecule has 0 aliphatic carbocycles. The smallest absolute Gasteiger partial charge is 0.169 e. The van der Waals surface area contributed by atoms with Crippen LogP contribution in [-0.2, 0) is 6.61 Å². The Morgan fingerprint density at radius 2 is 1.73 bits per heavy atom. The second-order valence-corrected chi connectivity index (χ2v) is 6.81. The normalized spacial score (nSPS) is 10.6. The third-order valence-corrected chi connectivity index (χ3v) is 4.67. The van der Waals surface area contributed by atoms with Crippen LogP contribution >= 0.6 is 23.2 Å². The summed E-state index contributed by atoms with van der Waals surface area (Å²) in [4.78, 5) is 4.11. The van der Waals surface area contributed by atoms with Gasteiger partial charge in [-0.25, -0.2) is 13.8 Å². The molecule has 10 heteroatoms. The van der Waals surface area contributed by atoms with Crippen LogP contribution in [0.4, 0.5) is 26.0 Å². The minimum Gasteiger partial charge on any atom is -0.496 e. The molecule has 3 N–H and O–H groups in total. The molecule has 3 rings (SSSR count). The standard InChI is InChI=1S/C20H17Cl2F2N3O3/c1-28-15-5-3-12(23)19(24)10(15)9-30-17-8-14(11(21)7-16(17)29-2)26-20-13(25)4-6-18(22)27-20/h3-8H,9,25H2,1-2H3,(H,26,27). The predicted molar refractivity (Wildman–Crippen MR) is 112 cm³/mol. The Bertz CT molecular complexity index is 1080. The number of ether oxygens (including phenoxy) is 3. The van der Waals surface area contributed by atoms with Crippen molar-refractivity contribution in [2.24, 2.45) is 0 Å². The lowest BCUT2D eigenvalue weighted by Crippen LogP contribution is -2.05. The van der Waals surface area contributed by atoms with Gasteiger partial charge in [0.2, 0.25) is 0 Å². The summed E-state index contributed by atoms with van der Waals surface area (Å²) in [5, 5.41) is 3.49. The van der Waals surface area contributed by atoms with Gasteiger partial charge in [0.1, 0.15) is 17.5 Å². The Kier molecular flexibility index (Phi) is 6.69. The lowest BCUT2D eigenvalue weighted by Gasteiger charge is -2.16. The molecule has 158 valence electrons. The van der Waals surface area contributed by atoms with E-state index in [-0.39, 0.29) is 39.6 Å². The molecule has 0 saturated carbocycles. The number of nitrogen functional groups attached to an aromatic ring is 1. The van der Waals surface area contributed by atoms with Crippen LogP contribution in [0.25, 0.3) is 0 Å². The second kappa shape index (κ2) is 9.23. The van der Waals surface area contributed by atoms with Gasteiger partial charge in [0.25, 0.3) is 0 Å².